The SMILES string of the molecule is C#C.CN(CC(N)=O)C(=O)[C@H](Cc1cccnc1)NC=O. The predicted molar refractivity (Wildman–Crippen MR) is 77.7 cm³/mol. The molecule has 1 aromatic rings. The Morgan fingerprint density at radius 3 is 2.67 bits per heavy atom. The number of amides is 3. The Labute approximate surface area is 123 Å². The van der Waals surface area contributed by atoms with Crippen LogP contribution in [0.25, 0.3) is 0 Å². The first kappa shape index (κ1) is 18.1. The van der Waals surface area contributed by atoms with E-state index in [1.54, 1.807) is 24.5 Å². The van der Waals surface area contributed by atoms with Crippen molar-refractivity contribution in [1.82, 2.24) is 15.2 Å². The van der Waals surface area contributed by atoms with E-state index in [0.29, 0.717) is 12.8 Å². The van der Waals surface area contributed by atoms with E-state index in [4.69, 9.17) is 5.73 Å². The lowest BCUT2D eigenvalue weighted by Crippen LogP contribution is -2.48. The van der Waals surface area contributed by atoms with Crippen molar-refractivity contribution in [3.05, 3.63) is 30.1 Å². The van der Waals surface area contributed by atoms with Gasteiger partial charge < -0.3 is 16.0 Å². The molecule has 7 heteroatoms. The van der Waals surface area contributed by atoms with Crippen molar-refractivity contribution in [1.29, 1.82) is 0 Å². The molecule has 112 valence electrons. The number of nitrogens with zero attached hydrogens (tertiary/aromatic N) is 2. The summed E-state index contributed by atoms with van der Waals surface area (Å²) in [4.78, 5) is 38.5. The van der Waals surface area contributed by atoms with Crippen LogP contribution in [-0.4, -0.2) is 47.7 Å². The number of pyridine rings is 1. The van der Waals surface area contributed by atoms with Gasteiger partial charge in [-0.3, -0.25) is 19.4 Å². The fraction of sp³-hybridized carbons (Fsp3) is 0.286. The number of nitrogens with two attached hydrogens (primary N) is 1. The monoisotopic (exact) mass is 290 g/mol. The number of rotatable bonds is 7. The van der Waals surface area contributed by atoms with Gasteiger partial charge in [0.05, 0.1) is 6.54 Å². The van der Waals surface area contributed by atoms with E-state index in [2.05, 4.69) is 23.1 Å². The van der Waals surface area contributed by atoms with Gasteiger partial charge in [-0.2, -0.15) is 0 Å². The lowest BCUT2D eigenvalue weighted by molar-refractivity contribution is -0.136. The first-order valence-electron chi connectivity index (χ1n) is 5.99. The largest absolute Gasteiger partial charge is 0.368 e. The van der Waals surface area contributed by atoms with Crippen LogP contribution in [-0.2, 0) is 20.8 Å². The predicted octanol–water partition coefficient (Wildman–Crippen LogP) is -1.07. The summed E-state index contributed by atoms with van der Waals surface area (Å²) in [7, 11) is 1.45. The topological polar surface area (TPSA) is 105 Å². The molecule has 1 rings (SSSR count). The maximum atomic E-state index is 12.0. The molecule has 0 spiro atoms. The Bertz CT molecular complexity index is 487. The van der Waals surface area contributed by atoms with Gasteiger partial charge in [0.1, 0.15) is 6.04 Å². The van der Waals surface area contributed by atoms with Crippen molar-refractivity contribution in [2.24, 2.45) is 5.73 Å². The van der Waals surface area contributed by atoms with Crippen LogP contribution in [0.5, 0.6) is 0 Å². The maximum absolute atomic E-state index is 12.0. The van der Waals surface area contributed by atoms with E-state index in [1.165, 1.54) is 11.9 Å². The summed E-state index contributed by atoms with van der Waals surface area (Å²) in [5.41, 5.74) is 5.83. The number of terminal acetylenes is 1. The number of aromatic nitrogens is 1. The number of carbonyl (C=O) groups excluding carboxylic acids is 3. The van der Waals surface area contributed by atoms with Gasteiger partial charge in [-0.1, -0.05) is 6.07 Å². The summed E-state index contributed by atoms with van der Waals surface area (Å²) in [6, 6.07) is 2.80. The van der Waals surface area contributed by atoms with E-state index >= 15 is 0 Å². The zero-order chi connectivity index (χ0) is 16.3. The molecule has 0 radical (unpaired) electrons. The van der Waals surface area contributed by atoms with Crippen molar-refractivity contribution < 1.29 is 14.4 Å². The van der Waals surface area contributed by atoms with E-state index in [0.717, 1.165) is 5.56 Å². The molecule has 0 aliphatic rings. The minimum atomic E-state index is -0.744. The van der Waals surface area contributed by atoms with E-state index in [1.807, 2.05) is 0 Å². The molecule has 0 saturated heterocycles. The molecule has 21 heavy (non-hydrogen) atoms. The summed E-state index contributed by atoms with van der Waals surface area (Å²) in [6.45, 7) is -0.192. The zero-order valence-corrected chi connectivity index (χ0v) is 11.7. The highest BCUT2D eigenvalue weighted by Gasteiger charge is 2.22. The van der Waals surface area contributed by atoms with E-state index in [9.17, 15) is 14.4 Å². The highest BCUT2D eigenvalue weighted by atomic mass is 16.2. The lowest BCUT2D eigenvalue weighted by Gasteiger charge is -2.22. The van der Waals surface area contributed by atoms with Crippen LogP contribution in [0.2, 0.25) is 0 Å². The van der Waals surface area contributed by atoms with Crippen LogP contribution >= 0.6 is 0 Å². The van der Waals surface area contributed by atoms with Crippen LogP contribution in [0.1, 0.15) is 5.56 Å². The van der Waals surface area contributed by atoms with Crippen molar-refractivity contribution in [2.45, 2.75) is 12.5 Å². The Kier molecular flexibility index (Phi) is 8.61. The van der Waals surface area contributed by atoms with Crippen molar-refractivity contribution in [3.8, 4) is 12.8 Å². The summed E-state index contributed by atoms with van der Waals surface area (Å²) in [5, 5.41) is 2.43. The molecule has 1 atom stereocenters. The molecule has 0 aliphatic heterocycles. The number of primary amides is 1. The molecule has 3 amide bonds. The number of nitrogens with one attached hydrogen (secondary N) is 1. The van der Waals surface area contributed by atoms with Crippen LogP contribution in [0, 0.1) is 12.8 Å². The highest BCUT2D eigenvalue weighted by molar-refractivity contribution is 5.88. The van der Waals surface area contributed by atoms with E-state index in [-0.39, 0.29) is 12.5 Å². The third kappa shape index (κ3) is 6.73. The van der Waals surface area contributed by atoms with Gasteiger partial charge in [-0.15, -0.1) is 12.8 Å². The van der Waals surface area contributed by atoms with Gasteiger partial charge in [-0.05, 0) is 11.6 Å². The normalized spacial score (nSPS) is 10.4. The Morgan fingerprint density at radius 2 is 2.19 bits per heavy atom. The second kappa shape index (κ2) is 9.97. The molecule has 0 aromatic carbocycles. The van der Waals surface area contributed by atoms with Crippen LogP contribution in [0.3, 0.4) is 0 Å². The van der Waals surface area contributed by atoms with Crippen molar-refractivity contribution in [3.63, 3.8) is 0 Å². The number of hydrogen-bond acceptors (Lipinski definition) is 4. The third-order valence-corrected chi connectivity index (χ3v) is 2.50. The average Bonchev–Trinajstić information content (AvgIpc) is 2.48. The summed E-state index contributed by atoms with van der Waals surface area (Å²) in [5.74, 6) is -0.989. The van der Waals surface area contributed by atoms with Crippen molar-refractivity contribution >= 4 is 18.2 Å². The molecule has 0 aliphatic carbocycles. The zero-order valence-electron chi connectivity index (χ0n) is 11.7. The molecule has 0 bridgehead atoms. The summed E-state index contributed by atoms with van der Waals surface area (Å²) < 4.78 is 0. The fourth-order valence-electron chi connectivity index (χ4n) is 1.63. The number of carbonyl (C=O) groups is 3. The maximum Gasteiger partial charge on any atom is 0.245 e. The van der Waals surface area contributed by atoms with Gasteiger partial charge in [0.25, 0.3) is 0 Å². The first-order valence-corrected chi connectivity index (χ1v) is 5.99. The lowest BCUT2D eigenvalue weighted by atomic mass is 10.1. The van der Waals surface area contributed by atoms with Crippen LogP contribution in [0.15, 0.2) is 24.5 Å². The third-order valence-electron chi connectivity index (χ3n) is 2.50. The van der Waals surface area contributed by atoms with Crippen LogP contribution < -0.4 is 11.1 Å². The Balaban J connectivity index is 0.00000191. The molecule has 0 unspecified atom stereocenters. The Morgan fingerprint density at radius 1 is 1.52 bits per heavy atom. The van der Waals surface area contributed by atoms with E-state index < -0.39 is 11.9 Å². The molecular formula is C14H18N4O3. The van der Waals surface area contributed by atoms with Crippen molar-refractivity contribution in [2.75, 3.05) is 13.6 Å². The number of likely N-dealkylation sites (N-methyl/N-ethyl adjacent to an activating group) is 1. The second-order valence-corrected chi connectivity index (χ2v) is 4.06. The molecular weight excluding hydrogens is 272 g/mol. The Hall–Kier alpha value is -2.88. The first-order chi connectivity index (χ1) is 10.0. The molecule has 0 saturated carbocycles. The summed E-state index contributed by atoms with van der Waals surface area (Å²) in [6.07, 6.45) is 12.0. The minimum Gasteiger partial charge on any atom is -0.368 e. The van der Waals surface area contributed by atoms with Crippen LogP contribution in [0.4, 0.5) is 0 Å². The van der Waals surface area contributed by atoms with Gasteiger partial charge in [0.15, 0.2) is 0 Å². The molecule has 1 aromatic heterocycles. The number of hydrogen-bond donors (Lipinski definition) is 2. The van der Waals surface area contributed by atoms with Gasteiger partial charge in [0, 0.05) is 25.9 Å². The molecule has 7 nitrogen and oxygen atoms in total. The molecule has 1 heterocycles. The molecule has 0 fully saturated rings. The van der Waals surface area contributed by atoms with Gasteiger partial charge in [0.2, 0.25) is 18.2 Å². The second-order valence-electron chi connectivity index (χ2n) is 4.06. The smallest absolute Gasteiger partial charge is 0.245 e. The minimum absolute atomic E-state index is 0.192. The highest BCUT2D eigenvalue weighted by Crippen LogP contribution is 2.03. The molecule has 3 N–H and O–H groups in total. The average molecular weight is 290 g/mol. The standard InChI is InChI=1S/C12H16N4O3.C2H2/c1-16(7-11(13)18)12(19)10(15-8-17)5-9-3-2-4-14-6-9;1-2/h2-4,6,8,10H,5,7H2,1H3,(H2,13,18)(H,15,17);1-2H/t10-;/m0./s1. The summed E-state index contributed by atoms with van der Waals surface area (Å²) >= 11 is 0. The quantitative estimate of drug-likeness (QED) is 0.493. The van der Waals surface area contributed by atoms with Gasteiger partial charge in [-0.25, -0.2) is 0 Å². The fourth-order valence-corrected chi connectivity index (χ4v) is 1.63. The van der Waals surface area contributed by atoms with Gasteiger partial charge >= 0.3 is 0 Å².